The number of carbonyl (C=O) groups excluding carboxylic acids is 3. The fraction of sp³-hybridized carbons (Fsp3) is 0.500. The van der Waals surface area contributed by atoms with Gasteiger partial charge in [0.25, 0.3) is 0 Å². The van der Waals surface area contributed by atoms with Crippen LogP contribution in [0.25, 0.3) is 0 Å². The molecule has 0 bridgehead atoms. The predicted molar refractivity (Wildman–Crippen MR) is 98.0 cm³/mol. The number of carbonyl (C=O) groups is 3. The topological polar surface area (TPSA) is 92.0 Å². The Morgan fingerprint density at radius 2 is 2.14 bits per heavy atom. The van der Waals surface area contributed by atoms with Gasteiger partial charge in [0, 0.05) is 28.9 Å². The normalized spacial score (nSPS) is 40.1. The molecule has 0 unspecified atom stereocenters. The molecule has 0 amide bonds. The molecule has 1 aromatic heterocycles. The van der Waals surface area contributed by atoms with Crippen molar-refractivity contribution in [2.24, 2.45) is 22.7 Å². The quantitative estimate of drug-likeness (QED) is 0.430. The Kier molecular flexibility index (Phi) is 3.82. The van der Waals surface area contributed by atoms with E-state index in [2.05, 4.69) is 0 Å². The summed E-state index contributed by atoms with van der Waals surface area (Å²) in [5, 5.41) is 0. The van der Waals surface area contributed by atoms with Gasteiger partial charge in [0.1, 0.15) is 0 Å². The molecule has 152 valence electrons. The lowest BCUT2D eigenvalue weighted by Crippen LogP contribution is -2.60. The summed E-state index contributed by atoms with van der Waals surface area (Å²) in [5.41, 5.74) is -0.155. The highest BCUT2D eigenvalue weighted by atomic mass is 16.6. The molecule has 2 saturated heterocycles. The Balaban J connectivity index is 1.68. The van der Waals surface area contributed by atoms with Gasteiger partial charge in [-0.05, 0) is 24.8 Å². The van der Waals surface area contributed by atoms with Gasteiger partial charge in [0.2, 0.25) is 0 Å². The molecule has 4 aliphatic rings. The van der Waals surface area contributed by atoms with Crippen LogP contribution in [0.3, 0.4) is 0 Å². The van der Waals surface area contributed by atoms with Crippen molar-refractivity contribution in [2.45, 2.75) is 38.9 Å². The molecule has 2 aliphatic carbocycles. The summed E-state index contributed by atoms with van der Waals surface area (Å²) in [6.07, 6.45) is 8.41. The summed E-state index contributed by atoms with van der Waals surface area (Å²) in [6.45, 7) is 3.59. The molecule has 1 aromatic rings. The molecule has 7 heteroatoms. The van der Waals surface area contributed by atoms with E-state index >= 15 is 0 Å². The monoisotopic (exact) mass is 398 g/mol. The maximum Gasteiger partial charge on any atom is 0.335 e. The van der Waals surface area contributed by atoms with Crippen LogP contribution in [0.1, 0.15) is 38.4 Å². The number of esters is 3. The molecule has 2 aliphatic heterocycles. The van der Waals surface area contributed by atoms with E-state index in [9.17, 15) is 14.4 Å². The van der Waals surface area contributed by atoms with E-state index < -0.39 is 35.0 Å². The maximum absolute atomic E-state index is 13.0. The van der Waals surface area contributed by atoms with E-state index in [4.69, 9.17) is 18.6 Å². The lowest BCUT2D eigenvalue weighted by atomic mass is 9.47. The van der Waals surface area contributed by atoms with Gasteiger partial charge >= 0.3 is 17.9 Å². The number of hydrogen-bond donors (Lipinski definition) is 0. The van der Waals surface area contributed by atoms with Crippen molar-refractivity contribution in [1.82, 2.24) is 0 Å². The van der Waals surface area contributed by atoms with Crippen LogP contribution in [0.4, 0.5) is 0 Å². The second-order valence-electron chi connectivity index (χ2n) is 8.55. The van der Waals surface area contributed by atoms with Crippen molar-refractivity contribution in [3.63, 3.8) is 0 Å². The van der Waals surface area contributed by atoms with Crippen molar-refractivity contribution in [3.05, 3.63) is 48.0 Å². The van der Waals surface area contributed by atoms with Gasteiger partial charge in [-0.3, -0.25) is 9.59 Å². The van der Waals surface area contributed by atoms with Crippen LogP contribution in [-0.2, 0) is 28.6 Å². The summed E-state index contributed by atoms with van der Waals surface area (Å²) >= 11 is 0. The lowest BCUT2D eigenvalue weighted by molar-refractivity contribution is -0.199. The predicted octanol–water partition coefficient (Wildman–Crippen LogP) is 2.88. The van der Waals surface area contributed by atoms with E-state index in [0.29, 0.717) is 30.6 Å². The van der Waals surface area contributed by atoms with E-state index in [1.165, 1.54) is 19.5 Å². The van der Waals surface area contributed by atoms with Crippen LogP contribution in [-0.4, -0.2) is 30.6 Å². The number of hydrogen-bond acceptors (Lipinski definition) is 7. The van der Waals surface area contributed by atoms with Gasteiger partial charge in [-0.15, -0.1) is 0 Å². The minimum atomic E-state index is -0.835. The molecule has 2 fully saturated rings. The van der Waals surface area contributed by atoms with Crippen molar-refractivity contribution < 1.29 is 33.0 Å². The number of fused-ring (bicyclic) bond motifs is 2. The Morgan fingerprint density at radius 3 is 2.86 bits per heavy atom. The Bertz CT molecular complexity index is 942. The Morgan fingerprint density at radius 1 is 1.31 bits per heavy atom. The summed E-state index contributed by atoms with van der Waals surface area (Å²) in [4.78, 5) is 37.5. The smallest absolute Gasteiger partial charge is 0.335 e. The molecule has 29 heavy (non-hydrogen) atoms. The molecule has 0 aromatic carbocycles. The Labute approximate surface area is 167 Å². The van der Waals surface area contributed by atoms with Gasteiger partial charge < -0.3 is 18.6 Å². The van der Waals surface area contributed by atoms with E-state index in [1.54, 1.807) is 6.07 Å². The summed E-state index contributed by atoms with van der Waals surface area (Å²) in [6, 6.07) is 1.71. The number of allylic oxidation sites excluding steroid dienone is 2. The first-order chi connectivity index (χ1) is 13.9. The summed E-state index contributed by atoms with van der Waals surface area (Å²) < 4.78 is 22.2. The van der Waals surface area contributed by atoms with Crippen LogP contribution in [0.2, 0.25) is 0 Å². The van der Waals surface area contributed by atoms with Crippen molar-refractivity contribution in [1.29, 1.82) is 0 Å². The number of furan rings is 1. The van der Waals surface area contributed by atoms with Crippen LogP contribution in [0.15, 0.2) is 46.8 Å². The number of cyclic esters (lactones) is 2. The highest BCUT2D eigenvalue weighted by Gasteiger charge is 2.67. The van der Waals surface area contributed by atoms with Crippen molar-refractivity contribution in [2.75, 3.05) is 6.61 Å². The zero-order valence-corrected chi connectivity index (χ0v) is 16.3. The molecular weight excluding hydrogens is 376 g/mol. The molecule has 0 N–H and O–H groups in total. The summed E-state index contributed by atoms with van der Waals surface area (Å²) in [7, 11) is 0. The Hall–Kier alpha value is -2.83. The maximum atomic E-state index is 13.0. The minimum absolute atomic E-state index is 0.122. The van der Waals surface area contributed by atoms with E-state index in [1.807, 2.05) is 25.2 Å². The largest absolute Gasteiger partial charge is 0.472 e. The van der Waals surface area contributed by atoms with E-state index in [0.717, 1.165) is 0 Å². The van der Waals surface area contributed by atoms with Gasteiger partial charge in [-0.2, -0.15) is 0 Å². The third-order valence-corrected chi connectivity index (χ3v) is 7.23. The summed E-state index contributed by atoms with van der Waals surface area (Å²) in [5.74, 6) is -1.60. The van der Waals surface area contributed by atoms with Crippen LogP contribution >= 0.6 is 0 Å². The van der Waals surface area contributed by atoms with E-state index in [-0.39, 0.29) is 17.8 Å². The van der Waals surface area contributed by atoms with Crippen molar-refractivity contribution in [3.8, 4) is 0 Å². The zero-order valence-electron chi connectivity index (χ0n) is 16.3. The fourth-order valence-electron chi connectivity index (χ4n) is 5.92. The highest BCUT2D eigenvalue weighted by Crippen LogP contribution is 2.65. The second-order valence-corrected chi connectivity index (χ2v) is 8.55. The van der Waals surface area contributed by atoms with Crippen molar-refractivity contribution >= 4 is 17.9 Å². The first-order valence-electron chi connectivity index (χ1n) is 9.82. The third kappa shape index (κ3) is 2.33. The van der Waals surface area contributed by atoms with Gasteiger partial charge in [0.05, 0.1) is 25.1 Å². The van der Waals surface area contributed by atoms with Gasteiger partial charge in [-0.1, -0.05) is 25.2 Å². The average Bonchev–Trinajstić information content (AvgIpc) is 3.32. The standard InChI is InChI=1S/C22H22O7/c1-12(23)28-18-17(13-7-9-26-10-13)29-20(25)14-6-8-22-11-27-19(24)15(22)4-3-5-16(22)21(14,18)2/h3-4,6-7,9-10,15-18H,5,8,11H2,1-2H3/t15-,16+,17-,18-,21-,22+/m0/s1. The number of rotatable bonds is 2. The molecule has 1 spiro atoms. The second kappa shape index (κ2) is 6.08. The lowest BCUT2D eigenvalue weighted by Gasteiger charge is -2.57. The molecule has 0 saturated carbocycles. The molecule has 5 rings (SSSR count). The van der Waals surface area contributed by atoms with Crippen LogP contribution < -0.4 is 0 Å². The SMILES string of the molecule is CC(=O)O[C@H]1[C@H](c2ccoc2)OC(=O)C2=CC[C@@]34COC(=O)[C@@H]3C=CC[C@@H]4[C@]21C. The average molecular weight is 398 g/mol. The fourth-order valence-corrected chi connectivity index (χ4v) is 5.92. The molecular formula is C22H22O7. The molecule has 3 heterocycles. The third-order valence-electron chi connectivity index (χ3n) is 7.23. The minimum Gasteiger partial charge on any atom is -0.472 e. The molecule has 0 radical (unpaired) electrons. The number of ether oxygens (including phenoxy) is 3. The molecule has 7 nitrogen and oxygen atoms in total. The first kappa shape index (κ1) is 18.2. The molecule has 6 atom stereocenters. The van der Waals surface area contributed by atoms with Gasteiger partial charge in [-0.25, -0.2) is 4.79 Å². The van der Waals surface area contributed by atoms with Crippen LogP contribution in [0.5, 0.6) is 0 Å². The zero-order chi connectivity index (χ0) is 20.4. The van der Waals surface area contributed by atoms with Gasteiger partial charge in [0.15, 0.2) is 12.2 Å². The first-order valence-corrected chi connectivity index (χ1v) is 9.82. The van der Waals surface area contributed by atoms with Crippen LogP contribution in [0, 0.1) is 22.7 Å². The highest BCUT2D eigenvalue weighted by molar-refractivity contribution is 5.92.